The van der Waals surface area contributed by atoms with Crippen LogP contribution in [0.2, 0.25) is 0 Å². The van der Waals surface area contributed by atoms with E-state index in [-0.39, 0.29) is 28.3 Å². The fourth-order valence-electron chi connectivity index (χ4n) is 3.19. The van der Waals surface area contributed by atoms with Crippen LogP contribution in [0.5, 0.6) is 0 Å². The van der Waals surface area contributed by atoms with Crippen molar-refractivity contribution in [3.8, 4) is 0 Å². The maximum Gasteiger partial charge on any atom is 0.340 e. The second kappa shape index (κ2) is 7.62. The number of nitrogens with one attached hydrogen (secondary N) is 3. The summed E-state index contributed by atoms with van der Waals surface area (Å²) in [6, 6.07) is 10.9. The number of hydrogen-bond acceptors (Lipinski definition) is 5. The first-order valence-corrected chi connectivity index (χ1v) is 11.2. The van der Waals surface area contributed by atoms with Crippen molar-refractivity contribution < 1.29 is 17.9 Å². The predicted octanol–water partition coefficient (Wildman–Crippen LogP) is 3.75. The molecule has 0 fully saturated rings. The lowest BCUT2D eigenvalue weighted by atomic mass is 10.1. The molecule has 4 aromatic rings. The Labute approximate surface area is 179 Å². The lowest BCUT2D eigenvalue weighted by molar-refractivity contribution is 0.0529. The number of ether oxygens (including phenoxy) is 1. The molecule has 0 radical (unpaired) electrons. The van der Waals surface area contributed by atoms with Crippen molar-refractivity contribution in [1.29, 1.82) is 0 Å². The average molecular weight is 490 g/mol. The molecule has 2 aromatic heterocycles. The van der Waals surface area contributed by atoms with Crippen LogP contribution < -0.4 is 10.3 Å². The van der Waals surface area contributed by atoms with Gasteiger partial charge in [-0.1, -0.05) is 15.9 Å². The van der Waals surface area contributed by atoms with Crippen LogP contribution in [0.15, 0.2) is 62.8 Å². The molecule has 0 aliphatic carbocycles. The van der Waals surface area contributed by atoms with E-state index in [4.69, 9.17) is 4.74 Å². The maximum absolute atomic E-state index is 12.7. The van der Waals surface area contributed by atoms with Crippen molar-refractivity contribution in [2.24, 2.45) is 0 Å². The van der Waals surface area contributed by atoms with E-state index in [1.165, 1.54) is 24.4 Å². The number of aromatic amines is 2. The molecule has 3 N–H and O–H groups in total. The van der Waals surface area contributed by atoms with E-state index >= 15 is 0 Å². The number of aromatic nitrogens is 2. The summed E-state index contributed by atoms with van der Waals surface area (Å²) in [5, 5.41) is 0.877. The molecule has 8 nitrogen and oxygen atoms in total. The summed E-state index contributed by atoms with van der Waals surface area (Å²) in [6.07, 6.45) is 1.41. The van der Waals surface area contributed by atoms with E-state index in [1.807, 2.05) is 0 Å². The van der Waals surface area contributed by atoms with Crippen molar-refractivity contribution in [2.75, 3.05) is 11.3 Å². The number of hydrogen-bond donors (Lipinski definition) is 3. The first-order chi connectivity index (χ1) is 14.3. The standard InChI is InChI=1S/C20H16BrN3O5S/c1-2-29-20(26)15-10-22-18-17(15)14-9-12(5-8-16(14)23-19(18)25)24-30(27,28)13-6-3-11(21)4-7-13/h3-10,22,24H,2H2,1H3,(H,23,25). The summed E-state index contributed by atoms with van der Waals surface area (Å²) >= 11 is 3.28. The van der Waals surface area contributed by atoms with Crippen molar-refractivity contribution in [3.63, 3.8) is 0 Å². The summed E-state index contributed by atoms with van der Waals surface area (Å²) in [6.45, 7) is 1.87. The molecular formula is C20H16BrN3O5S. The zero-order valence-corrected chi connectivity index (χ0v) is 18.1. The van der Waals surface area contributed by atoms with Gasteiger partial charge in [0.2, 0.25) is 0 Å². The molecule has 0 saturated carbocycles. The van der Waals surface area contributed by atoms with Gasteiger partial charge in [0.05, 0.1) is 17.1 Å². The summed E-state index contributed by atoms with van der Waals surface area (Å²) in [5.41, 5.74) is 0.768. The van der Waals surface area contributed by atoms with Crippen LogP contribution in [0.4, 0.5) is 5.69 Å². The quantitative estimate of drug-likeness (QED) is 0.368. The van der Waals surface area contributed by atoms with Gasteiger partial charge in [0.1, 0.15) is 5.52 Å². The molecule has 0 unspecified atom stereocenters. The zero-order valence-electron chi connectivity index (χ0n) is 15.7. The minimum absolute atomic E-state index is 0.103. The fraction of sp³-hybridized carbons (Fsp3) is 0.100. The molecule has 0 spiro atoms. The van der Waals surface area contributed by atoms with Crippen molar-refractivity contribution in [3.05, 3.63) is 69.1 Å². The average Bonchev–Trinajstić information content (AvgIpc) is 3.15. The number of anilines is 1. The van der Waals surface area contributed by atoms with E-state index < -0.39 is 21.6 Å². The van der Waals surface area contributed by atoms with Crippen LogP contribution in [0.3, 0.4) is 0 Å². The van der Waals surface area contributed by atoms with E-state index in [9.17, 15) is 18.0 Å². The van der Waals surface area contributed by atoms with Crippen molar-refractivity contribution >= 4 is 59.4 Å². The molecule has 0 bridgehead atoms. The molecule has 154 valence electrons. The highest BCUT2D eigenvalue weighted by molar-refractivity contribution is 9.10. The molecule has 2 heterocycles. The van der Waals surface area contributed by atoms with Crippen molar-refractivity contribution in [2.45, 2.75) is 11.8 Å². The molecule has 0 aliphatic heterocycles. The smallest absolute Gasteiger partial charge is 0.340 e. The third-order valence-electron chi connectivity index (χ3n) is 4.52. The molecule has 0 amide bonds. The van der Waals surface area contributed by atoms with Crippen LogP contribution >= 0.6 is 15.9 Å². The highest BCUT2D eigenvalue weighted by atomic mass is 79.9. The Morgan fingerprint density at radius 2 is 1.90 bits per heavy atom. The number of carbonyl (C=O) groups is 1. The summed E-state index contributed by atoms with van der Waals surface area (Å²) in [5.74, 6) is -0.573. The van der Waals surface area contributed by atoms with Crippen LogP contribution in [0.1, 0.15) is 17.3 Å². The van der Waals surface area contributed by atoms with Gasteiger partial charge in [-0.05, 0) is 49.4 Å². The fourth-order valence-corrected chi connectivity index (χ4v) is 4.50. The molecule has 4 rings (SSSR count). The highest BCUT2D eigenvalue weighted by Gasteiger charge is 2.19. The van der Waals surface area contributed by atoms with E-state index in [0.717, 1.165) is 4.47 Å². The molecule has 2 aromatic carbocycles. The molecule has 0 saturated heterocycles. The monoisotopic (exact) mass is 489 g/mol. The van der Waals surface area contributed by atoms with Gasteiger partial charge in [-0.2, -0.15) is 0 Å². The molecule has 0 aliphatic rings. The third kappa shape index (κ3) is 3.59. The highest BCUT2D eigenvalue weighted by Crippen LogP contribution is 2.28. The van der Waals surface area contributed by atoms with Gasteiger partial charge in [-0.3, -0.25) is 9.52 Å². The Balaban J connectivity index is 1.85. The van der Waals surface area contributed by atoms with Gasteiger partial charge in [0.15, 0.2) is 0 Å². The zero-order chi connectivity index (χ0) is 21.5. The van der Waals surface area contributed by atoms with E-state index in [1.54, 1.807) is 31.2 Å². The number of carbonyl (C=O) groups excluding carboxylic acids is 1. The Hall–Kier alpha value is -3.11. The number of benzene rings is 2. The molecule has 0 atom stereocenters. The molecular weight excluding hydrogens is 474 g/mol. The van der Waals surface area contributed by atoms with Gasteiger partial charge < -0.3 is 14.7 Å². The van der Waals surface area contributed by atoms with Crippen molar-refractivity contribution in [1.82, 2.24) is 9.97 Å². The van der Waals surface area contributed by atoms with Gasteiger partial charge in [0.25, 0.3) is 15.6 Å². The first kappa shape index (κ1) is 20.2. The topological polar surface area (TPSA) is 121 Å². The number of halogens is 1. The Morgan fingerprint density at radius 3 is 2.60 bits per heavy atom. The Kier molecular flexibility index (Phi) is 5.12. The number of H-pyrrole nitrogens is 2. The van der Waals surface area contributed by atoms with Gasteiger partial charge in [0, 0.05) is 32.6 Å². The number of rotatable bonds is 5. The minimum Gasteiger partial charge on any atom is -0.462 e. The molecule has 30 heavy (non-hydrogen) atoms. The summed E-state index contributed by atoms with van der Waals surface area (Å²) in [4.78, 5) is 30.3. The second-order valence-corrected chi connectivity index (χ2v) is 9.04. The number of sulfonamides is 1. The van der Waals surface area contributed by atoms with Gasteiger partial charge >= 0.3 is 5.97 Å². The number of esters is 1. The van der Waals surface area contributed by atoms with Gasteiger partial charge in [-0.15, -0.1) is 0 Å². The largest absolute Gasteiger partial charge is 0.462 e. The van der Waals surface area contributed by atoms with Crippen LogP contribution in [0, 0.1) is 0 Å². The second-order valence-electron chi connectivity index (χ2n) is 6.45. The predicted molar refractivity (Wildman–Crippen MR) is 117 cm³/mol. The SMILES string of the molecule is CCOC(=O)c1c[nH]c2c(=O)[nH]c3ccc(NS(=O)(=O)c4ccc(Br)cc4)cc3c12. The van der Waals surface area contributed by atoms with Crippen LogP contribution in [0.25, 0.3) is 21.8 Å². The molecule has 10 heteroatoms. The lowest BCUT2D eigenvalue weighted by Crippen LogP contribution is -2.13. The maximum atomic E-state index is 12.7. The van der Waals surface area contributed by atoms with E-state index in [2.05, 4.69) is 30.6 Å². The number of pyridine rings is 1. The minimum atomic E-state index is -3.82. The lowest BCUT2D eigenvalue weighted by Gasteiger charge is -2.10. The summed E-state index contributed by atoms with van der Waals surface area (Å²) < 4.78 is 33.8. The van der Waals surface area contributed by atoms with E-state index in [0.29, 0.717) is 16.3 Å². The van der Waals surface area contributed by atoms with Crippen LogP contribution in [-0.2, 0) is 14.8 Å². The normalized spacial score (nSPS) is 11.7. The van der Waals surface area contributed by atoms with Gasteiger partial charge in [-0.25, -0.2) is 13.2 Å². The third-order valence-corrected chi connectivity index (χ3v) is 6.44. The Morgan fingerprint density at radius 1 is 1.17 bits per heavy atom. The summed E-state index contributed by atoms with van der Waals surface area (Å²) in [7, 11) is -3.82. The number of fused-ring (bicyclic) bond motifs is 3. The van der Waals surface area contributed by atoms with Crippen LogP contribution in [-0.4, -0.2) is 31.0 Å². The first-order valence-electron chi connectivity index (χ1n) is 8.93. The Bertz CT molecular complexity index is 1440.